The van der Waals surface area contributed by atoms with Crippen LogP contribution in [0.15, 0.2) is 86.1 Å². The predicted octanol–water partition coefficient (Wildman–Crippen LogP) is 11.0. The van der Waals surface area contributed by atoms with E-state index in [0.29, 0.717) is 16.9 Å². The summed E-state index contributed by atoms with van der Waals surface area (Å²) in [5, 5.41) is 14.7. The number of benzene rings is 2. The first-order valence-electron chi connectivity index (χ1n) is 17.3. The van der Waals surface area contributed by atoms with Crippen LogP contribution in [0.4, 0.5) is 37.7 Å². The normalized spacial score (nSPS) is 12.0. The number of aromatic nitrogens is 8. The van der Waals surface area contributed by atoms with Crippen LogP contribution in [0, 0.1) is 0 Å². The van der Waals surface area contributed by atoms with Crippen LogP contribution < -0.4 is 9.44 Å². The molecule has 0 amide bonds. The molecule has 6 aromatic rings. The minimum atomic E-state index is -4.83. The van der Waals surface area contributed by atoms with Gasteiger partial charge in [-0.1, -0.05) is 46.4 Å². The van der Waals surface area contributed by atoms with Gasteiger partial charge in [0.05, 0.1) is 52.4 Å². The van der Waals surface area contributed by atoms with Gasteiger partial charge in [-0.05, 0) is 92.2 Å². The van der Waals surface area contributed by atoms with Crippen LogP contribution in [0.1, 0.15) is 50.9 Å². The maximum absolute atomic E-state index is 13.2. The SMILES string of the molecule is CC(C)n1c(Br)nnc1-c1ncc(Cl)cc1NS(=O)(=O)c1ccc(Cl)c(C(F)(F)F)c1.CC(C)n1cnnc1-c1ncc(Cl)cc1NS(=O)(=O)c1ccc(Cl)c(C(F)(F)F)c1.[B]=NS. The first-order chi connectivity index (χ1) is 29.6. The number of thiol groups is 1. The molecule has 0 aliphatic carbocycles. The van der Waals surface area contributed by atoms with Gasteiger partial charge in [-0.3, -0.25) is 14.0 Å². The Balaban J connectivity index is 0.000000265. The van der Waals surface area contributed by atoms with E-state index in [2.05, 4.69) is 80.5 Å². The Morgan fingerprint density at radius 1 is 0.703 bits per heavy atom. The van der Waals surface area contributed by atoms with Crippen LogP contribution in [0.3, 0.4) is 0 Å². The number of halogens is 11. The van der Waals surface area contributed by atoms with Crippen molar-refractivity contribution in [3.8, 4) is 23.0 Å². The van der Waals surface area contributed by atoms with Gasteiger partial charge < -0.3 is 4.57 Å². The topological polar surface area (TPSA) is 192 Å². The van der Waals surface area contributed by atoms with Crippen molar-refractivity contribution >= 4 is 114 Å². The Morgan fingerprint density at radius 3 is 1.52 bits per heavy atom. The Labute approximate surface area is 396 Å². The Morgan fingerprint density at radius 2 is 1.12 bits per heavy atom. The number of pyridine rings is 2. The first-order valence-corrected chi connectivity index (χ1v) is 22.9. The van der Waals surface area contributed by atoms with Crippen molar-refractivity contribution in [1.29, 1.82) is 0 Å². The summed E-state index contributed by atoms with van der Waals surface area (Å²) in [6, 6.07) is 6.94. The molecule has 341 valence electrons. The fourth-order valence-corrected chi connectivity index (χ4v) is 8.85. The van der Waals surface area contributed by atoms with Gasteiger partial charge in [-0.25, -0.2) is 26.8 Å². The molecule has 64 heavy (non-hydrogen) atoms. The summed E-state index contributed by atoms with van der Waals surface area (Å²) in [6.07, 6.45) is -5.63. The second-order valence-corrected chi connectivity index (χ2v) is 19.1. The average molecular weight is 1100 g/mol. The van der Waals surface area contributed by atoms with Gasteiger partial charge in [0, 0.05) is 24.5 Å². The van der Waals surface area contributed by atoms with Crippen LogP contribution in [-0.2, 0) is 32.4 Å². The minimum absolute atomic E-state index is 0.0671. The molecule has 0 aliphatic heterocycles. The molecule has 0 atom stereocenters. The quantitative estimate of drug-likeness (QED) is 0.0676. The van der Waals surface area contributed by atoms with E-state index in [1.165, 1.54) is 30.9 Å². The number of alkyl halides is 6. The van der Waals surface area contributed by atoms with Crippen LogP contribution >= 0.6 is 75.1 Å². The summed E-state index contributed by atoms with van der Waals surface area (Å²) in [7, 11) is -4.57. The Bertz CT molecular complexity index is 2890. The summed E-state index contributed by atoms with van der Waals surface area (Å²) >= 11 is 29.5. The van der Waals surface area contributed by atoms with E-state index in [0.717, 1.165) is 24.3 Å². The van der Waals surface area contributed by atoms with E-state index in [-0.39, 0.29) is 56.5 Å². The zero-order chi connectivity index (χ0) is 48.1. The number of hydrogen-bond acceptors (Lipinski definition) is 12. The molecule has 4 aromatic heterocycles. The molecule has 0 aliphatic rings. The monoisotopic (exact) mass is 1090 g/mol. The molecule has 6 rings (SSSR count). The zero-order valence-corrected chi connectivity index (χ0v) is 39.8. The molecule has 0 unspecified atom stereocenters. The first kappa shape index (κ1) is 52.6. The van der Waals surface area contributed by atoms with E-state index < -0.39 is 63.4 Å². The molecule has 15 nitrogen and oxygen atoms in total. The molecule has 0 spiro atoms. The van der Waals surface area contributed by atoms with Gasteiger partial charge in [-0.2, -0.15) is 26.3 Å². The van der Waals surface area contributed by atoms with Gasteiger partial charge in [0.1, 0.15) is 17.7 Å². The van der Waals surface area contributed by atoms with Crippen molar-refractivity contribution in [2.75, 3.05) is 9.44 Å². The second-order valence-electron chi connectivity index (χ2n) is 13.1. The van der Waals surface area contributed by atoms with Crippen molar-refractivity contribution < 1.29 is 43.2 Å². The molecule has 1 radical (unpaired) electrons. The van der Waals surface area contributed by atoms with E-state index in [4.69, 9.17) is 46.4 Å². The van der Waals surface area contributed by atoms with Crippen molar-refractivity contribution in [2.24, 2.45) is 4.30 Å². The number of nitrogens with zero attached hydrogens (tertiary/aromatic N) is 9. The predicted molar refractivity (Wildman–Crippen MR) is 237 cm³/mol. The third kappa shape index (κ3) is 12.9. The van der Waals surface area contributed by atoms with E-state index in [9.17, 15) is 43.2 Å². The second kappa shape index (κ2) is 21.1. The molecular formula is C34H28BBrCl4F6N11O4S3. The van der Waals surface area contributed by atoms with Crippen molar-refractivity contribution in [2.45, 2.75) is 61.9 Å². The molecule has 0 fully saturated rings. The van der Waals surface area contributed by atoms with Crippen molar-refractivity contribution in [3.05, 3.63) is 103 Å². The fraction of sp³-hybridized carbons (Fsp3) is 0.235. The molecule has 4 heterocycles. The number of rotatable bonds is 10. The number of anilines is 2. The van der Waals surface area contributed by atoms with Gasteiger partial charge in [0.2, 0.25) is 4.73 Å². The third-order valence-corrected chi connectivity index (χ3v) is 12.4. The number of hydrogen-bond donors (Lipinski definition) is 3. The van der Waals surface area contributed by atoms with E-state index in [1.807, 2.05) is 27.7 Å². The van der Waals surface area contributed by atoms with Gasteiger partial charge in [0.15, 0.2) is 11.6 Å². The van der Waals surface area contributed by atoms with E-state index >= 15 is 0 Å². The third-order valence-electron chi connectivity index (χ3n) is 8.03. The fourth-order valence-electron chi connectivity index (χ4n) is 5.26. The molecule has 0 saturated carbocycles. The molecule has 2 aromatic carbocycles. The van der Waals surface area contributed by atoms with Gasteiger partial charge in [-0.15, -0.1) is 20.4 Å². The average Bonchev–Trinajstić information content (AvgIpc) is 3.82. The number of sulfonamides is 2. The van der Waals surface area contributed by atoms with Crippen molar-refractivity contribution in [3.63, 3.8) is 0 Å². The summed E-state index contributed by atoms with van der Waals surface area (Å²) in [5.41, 5.74) is -2.50. The molecule has 2 N–H and O–H groups in total. The van der Waals surface area contributed by atoms with Crippen LogP contribution in [-0.4, -0.2) is 64.0 Å². The van der Waals surface area contributed by atoms with Crippen LogP contribution in [0.25, 0.3) is 23.0 Å². The summed E-state index contributed by atoms with van der Waals surface area (Å²) in [5.74, 6) is 0.481. The number of nitrogens with one attached hydrogen (secondary N) is 2. The molecular weight excluding hydrogens is 1070 g/mol. The van der Waals surface area contributed by atoms with Crippen LogP contribution in [0.5, 0.6) is 0 Å². The Hall–Kier alpha value is -4.05. The molecule has 30 heteroatoms. The van der Waals surface area contributed by atoms with Crippen molar-refractivity contribution in [1.82, 2.24) is 39.5 Å². The summed E-state index contributed by atoms with van der Waals surface area (Å²) < 4.78 is 141. The standard InChI is InChI=1S/C17H13BrCl2F3N5O2S.C17H14Cl2F3N5O2S.BHNS/c1-8(2)28-15(25-26-16(28)18)14-13(5-9(19)7-24-14)27-31(29,30)10-3-4-12(20)11(6-10)17(21,22)23;1-9(2)27-8-24-25-16(27)15-14(5-10(18)7-23-15)26-30(28,29)11-3-4-13(19)12(6-11)17(20,21)22;1-2-3/h3-8,27H,1-2H3;3-9,26H,1-2H3;3H. The summed E-state index contributed by atoms with van der Waals surface area (Å²) in [4.78, 5) is 7.01. The zero-order valence-electron chi connectivity index (χ0n) is 32.7. The van der Waals surface area contributed by atoms with Crippen LogP contribution in [0.2, 0.25) is 20.1 Å². The van der Waals surface area contributed by atoms with Gasteiger partial charge in [0.25, 0.3) is 20.0 Å². The maximum atomic E-state index is 13.2. The van der Waals surface area contributed by atoms with Gasteiger partial charge >= 0.3 is 37.1 Å². The Kier molecular flexibility index (Phi) is 17.3. The summed E-state index contributed by atoms with van der Waals surface area (Å²) in [6.45, 7) is 7.42. The van der Waals surface area contributed by atoms with E-state index in [1.54, 1.807) is 9.13 Å². The molecule has 0 saturated heterocycles. The molecule has 0 bridgehead atoms.